The molecule has 0 radical (unpaired) electrons. The van der Waals surface area contributed by atoms with E-state index >= 15 is 0 Å². The number of ether oxygens (including phenoxy) is 1. The van der Waals surface area contributed by atoms with Gasteiger partial charge in [-0.15, -0.1) is 11.3 Å². The first-order chi connectivity index (χ1) is 8.63. The summed E-state index contributed by atoms with van der Waals surface area (Å²) in [5, 5.41) is 12.1. The molecule has 0 aliphatic carbocycles. The summed E-state index contributed by atoms with van der Waals surface area (Å²) in [6, 6.07) is -0.104. The molecule has 0 saturated carbocycles. The Morgan fingerprint density at radius 2 is 2.44 bits per heavy atom. The van der Waals surface area contributed by atoms with E-state index in [1.807, 2.05) is 12.3 Å². The smallest absolute Gasteiger partial charge is 0.311 e. The van der Waals surface area contributed by atoms with Crippen molar-refractivity contribution in [3.8, 4) is 0 Å². The van der Waals surface area contributed by atoms with Crippen LogP contribution in [0.3, 0.4) is 0 Å². The Hall–Kier alpha value is -1.14. The van der Waals surface area contributed by atoms with Gasteiger partial charge in [-0.3, -0.25) is 4.79 Å². The molecular weight excluding hydrogens is 252 g/mol. The van der Waals surface area contributed by atoms with Crippen LogP contribution in [0.5, 0.6) is 0 Å². The van der Waals surface area contributed by atoms with Crippen LogP contribution in [-0.2, 0) is 9.53 Å². The second-order valence-corrected chi connectivity index (χ2v) is 5.35. The van der Waals surface area contributed by atoms with E-state index in [1.54, 1.807) is 11.3 Å². The maximum absolute atomic E-state index is 11.2. The molecule has 0 spiro atoms. The lowest BCUT2D eigenvalue weighted by Crippen LogP contribution is -2.43. The van der Waals surface area contributed by atoms with Gasteiger partial charge in [-0.05, 0) is 13.3 Å². The number of thiazole rings is 1. The quantitative estimate of drug-likeness (QED) is 0.883. The molecule has 2 heterocycles. The standard InChI is InChI=1S/C12H18N2O3S/c1-3-4-14(12-13-8(2)7-18-12)10-6-17-5-9(10)11(15)16/h7,9-10H,3-6H2,1-2H3,(H,15,16). The Balaban J connectivity index is 2.21. The summed E-state index contributed by atoms with van der Waals surface area (Å²) < 4.78 is 5.34. The Morgan fingerprint density at radius 1 is 1.67 bits per heavy atom. The Labute approximate surface area is 110 Å². The number of carboxylic acids is 1. The minimum atomic E-state index is -0.785. The third kappa shape index (κ3) is 2.64. The van der Waals surface area contributed by atoms with Crippen molar-refractivity contribution >= 4 is 22.4 Å². The average molecular weight is 270 g/mol. The molecule has 1 fully saturated rings. The fraction of sp³-hybridized carbons (Fsp3) is 0.667. The summed E-state index contributed by atoms with van der Waals surface area (Å²) >= 11 is 1.56. The minimum absolute atomic E-state index is 0.104. The summed E-state index contributed by atoms with van der Waals surface area (Å²) in [6.07, 6.45) is 0.960. The zero-order valence-electron chi connectivity index (χ0n) is 10.6. The molecule has 6 heteroatoms. The highest BCUT2D eigenvalue weighted by Gasteiger charge is 2.38. The van der Waals surface area contributed by atoms with Gasteiger partial charge in [0.1, 0.15) is 5.92 Å². The summed E-state index contributed by atoms with van der Waals surface area (Å²) in [7, 11) is 0. The number of anilines is 1. The average Bonchev–Trinajstić information content (AvgIpc) is 2.94. The van der Waals surface area contributed by atoms with E-state index in [4.69, 9.17) is 4.74 Å². The number of carboxylic acid groups (broad SMARTS) is 1. The van der Waals surface area contributed by atoms with Crippen molar-refractivity contribution in [1.29, 1.82) is 0 Å². The first-order valence-electron chi connectivity index (χ1n) is 6.12. The highest BCUT2D eigenvalue weighted by molar-refractivity contribution is 7.13. The summed E-state index contributed by atoms with van der Waals surface area (Å²) in [6.45, 7) is 5.61. The molecule has 1 saturated heterocycles. The van der Waals surface area contributed by atoms with Crippen LogP contribution in [0.4, 0.5) is 5.13 Å². The van der Waals surface area contributed by atoms with Crippen LogP contribution in [-0.4, -0.2) is 41.9 Å². The lowest BCUT2D eigenvalue weighted by Gasteiger charge is -2.29. The molecule has 0 amide bonds. The maximum atomic E-state index is 11.2. The molecule has 2 atom stereocenters. The normalized spacial score (nSPS) is 23.2. The van der Waals surface area contributed by atoms with Crippen molar-refractivity contribution < 1.29 is 14.6 Å². The molecule has 1 N–H and O–H groups in total. The van der Waals surface area contributed by atoms with Crippen molar-refractivity contribution in [3.05, 3.63) is 11.1 Å². The second kappa shape index (κ2) is 5.67. The van der Waals surface area contributed by atoms with Crippen molar-refractivity contribution in [3.63, 3.8) is 0 Å². The van der Waals surface area contributed by atoms with E-state index in [-0.39, 0.29) is 6.04 Å². The van der Waals surface area contributed by atoms with Crippen molar-refractivity contribution in [2.45, 2.75) is 26.3 Å². The van der Waals surface area contributed by atoms with Crippen LogP contribution in [0.15, 0.2) is 5.38 Å². The van der Waals surface area contributed by atoms with Crippen LogP contribution < -0.4 is 4.90 Å². The number of rotatable bonds is 5. The topological polar surface area (TPSA) is 62.7 Å². The number of aliphatic carboxylic acids is 1. The molecule has 1 aromatic heterocycles. The van der Waals surface area contributed by atoms with E-state index < -0.39 is 11.9 Å². The van der Waals surface area contributed by atoms with E-state index in [0.29, 0.717) is 13.2 Å². The van der Waals surface area contributed by atoms with E-state index in [0.717, 1.165) is 23.8 Å². The zero-order valence-corrected chi connectivity index (χ0v) is 11.4. The van der Waals surface area contributed by atoms with Gasteiger partial charge in [0.25, 0.3) is 0 Å². The van der Waals surface area contributed by atoms with Gasteiger partial charge in [0.2, 0.25) is 0 Å². The fourth-order valence-corrected chi connectivity index (χ4v) is 3.09. The molecule has 2 unspecified atom stereocenters. The van der Waals surface area contributed by atoms with Crippen LogP contribution in [0.1, 0.15) is 19.0 Å². The van der Waals surface area contributed by atoms with Gasteiger partial charge >= 0.3 is 5.97 Å². The Kier molecular flexibility index (Phi) is 4.19. The summed E-state index contributed by atoms with van der Waals surface area (Å²) in [5.41, 5.74) is 0.974. The molecule has 0 bridgehead atoms. The van der Waals surface area contributed by atoms with Gasteiger partial charge in [-0.25, -0.2) is 4.98 Å². The van der Waals surface area contributed by atoms with Crippen LogP contribution in [0.25, 0.3) is 0 Å². The number of hydrogen-bond acceptors (Lipinski definition) is 5. The van der Waals surface area contributed by atoms with Gasteiger partial charge < -0.3 is 14.7 Å². The van der Waals surface area contributed by atoms with Crippen LogP contribution in [0.2, 0.25) is 0 Å². The first kappa shape index (κ1) is 13.3. The largest absolute Gasteiger partial charge is 0.481 e. The molecule has 2 rings (SSSR count). The molecule has 100 valence electrons. The first-order valence-corrected chi connectivity index (χ1v) is 7.00. The number of carbonyl (C=O) groups is 1. The molecular formula is C12H18N2O3S. The Morgan fingerprint density at radius 3 is 3.00 bits per heavy atom. The number of hydrogen-bond donors (Lipinski definition) is 1. The van der Waals surface area contributed by atoms with Crippen molar-refractivity contribution in [2.75, 3.05) is 24.7 Å². The molecule has 1 aliphatic heterocycles. The SMILES string of the molecule is CCCN(c1nc(C)cs1)C1COCC1C(=O)O. The highest BCUT2D eigenvalue weighted by Crippen LogP contribution is 2.28. The van der Waals surface area contributed by atoms with Gasteiger partial charge in [0, 0.05) is 11.9 Å². The molecule has 1 aliphatic rings. The van der Waals surface area contributed by atoms with Crippen molar-refractivity contribution in [2.24, 2.45) is 5.92 Å². The number of aryl methyl sites for hydroxylation is 1. The second-order valence-electron chi connectivity index (χ2n) is 4.51. The van der Waals surface area contributed by atoms with Crippen LogP contribution >= 0.6 is 11.3 Å². The van der Waals surface area contributed by atoms with Gasteiger partial charge in [0.15, 0.2) is 5.13 Å². The van der Waals surface area contributed by atoms with E-state index in [1.165, 1.54) is 0 Å². The lowest BCUT2D eigenvalue weighted by atomic mass is 10.0. The van der Waals surface area contributed by atoms with Gasteiger partial charge in [-0.1, -0.05) is 6.92 Å². The van der Waals surface area contributed by atoms with E-state index in [9.17, 15) is 9.90 Å². The third-order valence-corrected chi connectivity index (χ3v) is 4.08. The predicted molar refractivity (Wildman–Crippen MR) is 70.2 cm³/mol. The number of aromatic nitrogens is 1. The van der Waals surface area contributed by atoms with Gasteiger partial charge in [0.05, 0.1) is 24.9 Å². The fourth-order valence-electron chi connectivity index (χ4n) is 2.20. The third-order valence-electron chi connectivity index (χ3n) is 3.09. The Bertz CT molecular complexity index is 421. The van der Waals surface area contributed by atoms with Gasteiger partial charge in [-0.2, -0.15) is 0 Å². The summed E-state index contributed by atoms with van der Waals surface area (Å²) in [5.74, 6) is -1.24. The van der Waals surface area contributed by atoms with Crippen molar-refractivity contribution in [1.82, 2.24) is 4.98 Å². The lowest BCUT2D eigenvalue weighted by molar-refractivity contribution is -0.141. The molecule has 18 heavy (non-hydrogen) atoms. The summed E-state index contributed by atoms with van der Waals surface area (Å²) in [4.78, 5) is 17.8. The molecule has 1 aromatic rings. The zero-order chi connectivity index (χ0) is 13.1. The van der Waals surface area contributed by atoms with E-state index in [2.05, 4.69) is 16.8 Å². The number of nitrogens with zero attached hydrogens (tertiary/aromatic N) is 2. The molecule has 5 nitrogen and oxygen atoms in total. The predicted octanol–water partition coefficient (Wildman–Crippen LogP) is 1.77. The van der Waals surface area contributed by atoms with Crippen LogP contribution in [0, 0.1) is 12.8 Å². The monoisotopic (exact) mass is 270 g/mol. The highest BCUT2D eigenvalue weighted by atomic mass is 32.1. The molecule has 0 aromatic carbocycles. The maximum Gasteiger partial charge on any atom is 0.311 e. The minimum Gasteiger partial charge on any atom is -0.481 e.